The second kappa shape index (κ2) is 14.9. The van der Waals surface area contributed by atoms with Gasteiger partial charge in [0.1, 0.15) is 0 Å². The van der Waals surface area contributed by atoms with Crippen molar-refractivity contribution >= 4 is 22.9 Å². The SMILES string of the molecule is CCCCCC[CH2][In][CH2]CCCCCC. The molecule has 0 aromatic heterocycles. The molecule has 0 unspecified atom stereocenters. The Morgan fingerprint density at radius 2 is 0.933 bits per heavy atom. The molecule has 0 aromatic rings. The van der Waals surface area contributed by atoms with E-state index < -0.39 is 0 Å². The molecule has 0 N–H and O–H groups in total. The maximum absolute atomic E-state index is 2.30. The van der Waals surface area contributed by atoms with Crippen LogP contribution in [0.25, 0.3) is 0 Å². The second-order valence-corrected chi connectivity index (χ2v) is 9.64. The first-order valence-corrected chi connectivity index (χ1v) is 11.9. The van der Waals surface area contributed by atoms with Crippen molar-refractivity contribution in [2.75, 3.05) is 0 Å². The Hall–Kier alpha value is 0.870. The van der Waals surface area contributed by atoms with Gasteiger partial charge in [0.05, 0.1) is 0 Å². The first-order chi connectivity index (χ1) is 7.41. The van der Waals surface area contributed by atoms with E-state index in [1.807, 2.05) is 0 Å². The van der Waals surface area contributed by atoms with Gasteiger partial charge < -0.3 is 0 Å². The molecule has 1 radical (unpaired) electrons. The van der Waals surface area contributed by atoms with E-state index >= 15 is 0 Å². The summed E-state index contributed by atoms with van der Waals surface area (Å²) in [5, 5.41) is 0. The molecule has 0 rings (SSSR count). The van der Waals surface area contributed by atoms with Crippen LogP contribution in [0.4, 0.5) is 0 Å². The minimum absolute atomic E-state index is 0.0773. The van der Waals surface area contributed by atoms with E-state index in [9.17, 15) is 0 Å². The summed E-state index contributed by atoms with van der Waals surface area (Å²) in [5.74, 6) is 0. The van der Waals surface area contributed by atoms with E-state index in [4.69, 9.17) is 0 Å². The van der Waals surface area contributed by atoms with Crippen LogP contribution in [0, 0.1) is 0 Å². The molecule has 0 aliphatic heterocycles. The molecular weight excluding hydrogens is 283 g/mol. The molecule has 0 saturated heterocycles. The predicted octanol–water partition coefficient (Wildman–Crippen LogP) is 5.47. The normalized spacial score (nSPS) is 10.5. The molecule has 0 fully saturated rings. The Morgan fingerprint density at radius 3 is 1.33 bits per heavy atom. The number of hydrogen-bond donors (Lipinski definition) is 0. The fourth-order valence-corrected chi connectivity index (χ4v) is 6.05. The summed E-state index contributed by atoms with van der Waals surface area (Å²) in [7, 11) is 0. The zero-order valence-electron chi connectivity index (χ0n) is 11.1. The van der Waals surface area contributed by atoms with E-state index in [1.54, 1.807) is 21.2 Å². The van der Waals surface area contributed by atoms with Crippen molar-refractivity contribution in [1.82, 2.24) is 0 Å². The molecule has 0 atom stereocenters. The van der Waals surface area contributed by atoms with E-state index in [-0.39, 0.29) is 22.9 Å². The Morgan fingerprint density at radius 1 is 0.533 bits per heavy atom. The molecule has 89 valence electrons. The summed E-state index contributed by atoms with van der Waals surface area (Å²) in [4.78, 5) is 0. The van der Waals surface area contributed by atoms with Crippen molar-refractivity contribution in [3.8, 4) is 0 Å². The van der Waals surface area contributed by atoms with Crippen molar-refractivity contribution < 1.29 is 0 Å². The standard InChI is InChI=1S/2C7H15.In/c2*1-3-5-7-6-4-2;/h2*1,3-7H2,2H3;. The van der Waals surface area contributed by atoms with E-state index in [0.29, 0.717) is 0 Å². The molecule has 0 aromatic carbocycles. The third kappa shape index (κ3) is 14.9. The van der Waals surface area contributed by atoms with Crippen molar-refractivity contribution in [1.29, 1.82) is 0 Å². The van der Waals surface area contributed by atoms with Gasteiger partial charge >= 0.3 is 109 Å². The first kappa shape index (κ1) is 15.9. The van der Waals surface area contributed by atoms with Crippen molar-refractivity contribution in [3.05, 3.63) is 0 Å². The zero-order chi connectivity index (χ0) is 11.2. The van der Waals surface area contributed by atoms with Crippen LogP contribution >= 0.6 is 0 Å². The monoisotopic (exact) mass is 313 g/mol. The van der Waals surface area contributed by atoms with Crippen LogP contribution in [0.1, 0.15) is 78.1 Å². The fraction of sp³-hybridized carbons (Fsp3) is 1.00. The van der Waals surface area contributed by atoms with Crippen LogP contribution < -0.4 is 0 Å². The number of rotatable bonds is 12. The van der Waals surface area contributed by atoms with Crippen LogP contribution in [0.2, 0.25) is 8.35 Å². The van der Waals surface area contributed by atoms with Crippen molar-refractivity contribution in [2.24, 2.45) is 0 Å². The van der Waals surface area contributed by atoms with E-state index in [0.717, 1.165) is 0 Å². The van der Waals surface area contributed by atoms with Crippen molar-refractivity contribution in [3.63, 3.8) is 0 Å². The Balaban J connectivity index is 2.81. The first-order valence-electron chi connectivity index (χ1n) is 7.23. The average Bonchev–Trinajstić information content (AvgIpc) is 2.26. The van der Waals surface area contributed by atoms with Crippen LogP contribution in [-0.2, 0) is 0 Å². The third-order valence-electron chi connectivity index (χ3n) is 3.02. The van der Waals surface area contributed by atoms with E-state index in [2.05, 4.69) is 13.8 Å². The predicted molar refractivity (Wildman–Crippen MR) is 72.9 cm³/mol. The Labute approximate surface area is 109 Å². The van der Waals surface area contributed by atoms with Crippen LogP contribution in [0.5, 0.6) is 0 Å². The zero-order valence-corrected chi connectivity index (χ0v) is 14.4. The number of unbranched alkanes of at least 4 members (excludes halogenated alkanes) is 8. The minimum atomic E-state index is -0.0773. The fourth-order valence-electron chi connectivity index (χ4n) is 1.93. The number of hydrogen-bond acceptors (Lipinski definition) is 0. The molecule has 15 heavy (non-hydrogen) atoms. The average molecular weight is 313 g/mol. The van der Waals surface area contributed by atoms with Crippen molar-refractivity contribution in [2.45, 2.75) is 86.4 Å². The van der Waals surface area contributed by atoms with Crippen LogP contribution in [-0.4, -0.2) is 22.9 Å². The van der Waals surface area contributed by atoms with Gasteiger partial charge in [-0.1, -0.05) is 0 Å². The van der Waals surface area contributed by atoms with Gasteiger partial charge in [-0.05, 0) is 0 Å². The van der Waals surface area contributed by atoms with Gasteiger partial charge in [0, 0.05) is 0 Å². The summed E-state index contributed by atoms with van der Waals surface area (Å²) < 4.78 is 3.35. The summed E-state index contributed by atoms with van der Waals surface area (Å²) in [6.07, 6.45) is 14.9. The maximum atomic E-state index is 2.30. The molecule has 0 saturated carbocycles. The molecule has 0 bridgehead atoms. The van der Waals surface area contributed by atoms with Gasteiger partial charge in [-0.25, -0.2) is 0 Å². The van der Waals surface area contributed by atoms with Crippen LogP contribution in [0.15, 0.2) is 0 Å². The summed E-state index contributed by atoms with van der Waals surface area (Å²) in [6, 6.07) is 0. The molecule has 1 heteroatoms. The van der Waals surface area contributed by atoms with E-state index in [1.165, 1.54) is 51.4 Å². The molecule has 0 aliphatic carbocycles. The van der Waals surface area contributed by atoms with Gasteiger partial charge in [0.15, 0.2) is 0 Å². The molecule has 0 aliphatic rings. The van der Waals surface area contributed by atoms with Gasteiger partial charge in [0.2, 0.25) is 0 Å². The summed E-state index contributed by atoms with van der Waals surface area (Å²) >= 11 is -0.0773. The second-order valence-electron chi connectivity index (χ2n) is 4.69. The Bertz CT molecular complexity index is 89.5. The molecule has 0 spiro atoms. The molecule has 0 amide bonds. The van der Waals surface area contributed by atoms with Crippen LogP contribution in [0.3, 0.4) is 0 Å². The van der Waals surface area contributed by atoms with Gasteiger partial charge in [-0.3, -0.25) is 0 Å². The summed E-state index contributed by atoms with van der Waals surface area (Å²) in [5.41, 5.74) is 0. The quantitative estimate of drug-likeness (QED) is 0.419. The third-order valence-corrected chi connectivity index (χ3v) is 7.68. The van der Waals surface area contributed by atoms with Gasteiger partial charge in [-0.2, -0.15) is 0 Å². The topological polar surface area (TPSA) is 0 Å². The Kier molecular flexibility index (Phi) is 15.7. The van der Waals surface area contributed by atoms with Gasteiger partial charge in [0.25, 0.3) is 0 Å². The van der Waals surface area contributed by atoms with Gasteiger partial charge in [-0.15, -0.1) is 0 Å². The molecule has 0 heterocycles. The molecular formula is C14H30In. The molecule has 0 nitrogen and oxygen atoms in total. The summed E-state index contributed by atoms with van der Waals surface area (Å²) in [6.45, 7) is 4.60.